The topological polar surface area (TPSA) is 29.9 Å². The molecular formula is C12H21N3. The lowest BCUT2D eigenvalue weighted by Crippen LogP contribution is -2.27. The van der Waals surface area contributed by atoms with Gasteiger partial charge in [-0.2, -0.15) is 5.10 Å². The number of aryl methyl sites for hydroxylation is 1. The van der Waals surface area contributed by atoms with Crippen LogP contribution in [0.5, 0.6) is 0 Å². The Morgan fingerprint density at radius 2 is 2.27 bits per heavy atom. The second kappa shape index (κ2) is 3.87. The zero-order valence-electron chi connectivity index (χ0n) is 10.2. The number of fused-ring (bicyclic) bond motifs is 1. The number of anilines is 1. The second-order valence-electron chi connectivity index (χ2n) is 4.75. The first-order valence-corrected chi connectivity index (χ1v) is 5.97. The Morgan fingerprint density at radius 1 is 1.53 bits per heavy atom. The molecule has 0 aliphatic carbocycles. The fraction of sp³-hybridized carbons (Fsp3) is 0.750. The van der Waals surface area contributed by atoms with E-state index in [0.717, 1.165) is 13.0 Å². The Balaban J connectivity index is 2.43. The van der Waals surface area contributed by atoms with E-state index in [1.807, 2.05) is 0 Å². The molecule has 3 heteroatoms. The summed E-state index contributed by atoms with van der Waals surface area (Å²) in [7, 11) is 0. The highest BCUT2D eigenvalue weighted by Crippen LogP contribution is 2.32. The third-order valence-electron chi connectivity index (χ3n) is 3.40. The zero-order chi connectivity index (χ0) is 11.0. The number of aromatic nitrogens is 2. The van der Waals surface area contributed by atoms with Crippen LogP contribution in [0.4, 0.5) is 5.82 Å². The smallest absolute Gasteiger partial charge is 0.127 e. The van der Waals surface area contributed by atoms with Crippen molar-refractivity contribution in [2.45, 2.75) is 46.6 Å². The lowest BCUT2D eigenvalue weighted by Gasteiger charge is -2.28. The standard InChI is InChI=1S/C12H21N3/c1-5-10-9(4)12-13-7-6-11(8(2)3)15(12)14-10/h8,11,13H,5-7H2,1-4H3. The SMILES string of the molecule is CCc1nn2c(c1C)NCCC2C(C)C. The summed E-state index contributed by atoms with van der Waals surface area (Å²) in [5, 5.41) is 8.20. The van der Waals surface area contributed by atoms with Crippen molar-refractivity contribution in [2.75, 3.05) is 11.9 Å². The van der Waals surface area contributed by atoms with Crippen molar-refractivity contribution in [3.8, 4) is 0 Å². The number of hydrogen-bond donors (Lipinski definition) is 1. The molecule has 0 spiro atoms. The molecule has 15 heavy (non-hydrogen) atoms. The number of hydrogen-bond acceptors (Lipinski definition) is 2. The Labute approximate surface area is 91.9 Å². The molecule has 0 amide bonds. The molecule has 0 saturated carbocycles. The zero-order valence-corrected chi connectivity index (χ0v) is 10.2. The van der Waals surface area contributed by atoms with Gasteiger partial charge in [0.1, 0.15) is 5.82 Å². The van der Waals surface area contributed by atoms with Crippen LogP contribution in [0.25, 0.3) is 0 Å². The Hall–Kier alpha value is -0.990. The third kappa shape index (κ3) is 1.64. The molecule has 84 valence electrons. The molecule has 3 nitrogen and oxygen atoms in total. The molecule has 1 unspecified atom stereocenters. The van der Waals surface area contributed by atoms with Crippen molar-refractivity contribution in [2.24, 2.45) is 5.92 Å². The Bertz CT molecular complexity index is 352. The van der Waals surface area contributed by atoms with Crippen molar-refractivity contribution in [3.05, 3.63) is 11.3 Å². The summed E-state index contributed by atoms with van der Waals surface area (Å²) in [6.07, 6.45) is 2.22. The van der Waals surface area contributed by atoms with E-state index in [1.165, 1.54) is 23.5 Å². The van der Waals surface area contributed by atoms with Gasteiger partial charge in [-0.05, 0) is 25.7 Å². The van der Waals surface area contributed by atoms with E-state index in [0.29, 0.717) is 12.0 Å². The van der Waals surface area contributed by atoms with E-state index in [1.54, 1.807) is 0 Å². The van der Waals surface area contributed by atoms with E-state index in [9.17, 15) is 0 Å². The van der Waals surface area contributed by atoms with Gasteiger partial charge < -0.3 is 5.32 Å². The lowest BCUT2D eigenvalue weighted by molar-refractivity contribution is 0.321. The molecule has 1 atom stereocenters. The first kappa shape index (κ1) is 10.5. The number of nitrogens with one attached hydrogen (secondary N) is 1. The van der Waals surface area contributed by atoms with Gasteiger partial charge in [-0.1, -0.05) is 20.8 Å². The fourth-order valence-corrected chi connectivity index (χ4v) is 2.43. The molecular weight excluding hydrogens is 186 g/mol. The fourth-order valence-electron chi connectivity index (χ4n) is 2.43. The lowest BCUT2D eigenvalue weighted by atomic mass is 9.99. The Kier molecular flexibility index (Phi) is 2.72. The molecule has 2 rings (SSSR count). The maximum Gasteiger partial charge on any atom is 0.127 e. The molecule has 1 N–H and O–H groups in total. The summed E-state index contributed by atoms with van der Waals surface area (Å²) in [6, 6.07) is 0.570. The molecule has 0 fully saturated rings. The average Bonchev–Trinajstić information content (AvgIpc) is 2.55. The third-order valence-corrected chi connectivity index (χ3v) is 3.40. The van der Waals surface area contributed by atoms with Crippen LogP contribution < -0.4 is 5.32 Å². The van der Waals surface area contributed by atoms with Crippen LogP contribution in [0, 0.1) is 12.8 Å². The van der Waals surface area contributed by atoms with Crippen molar-refractivity contribution in [1.82, 2.24) is 9.78 Å². The maximum absolute atomic E-state index is 4.73. The van der Waals surface area contributed by atoms with Crippen LogP contribution in [-0.4, -0.2) is 16.3 Å². The van der Waals surface area contributed by atoms with Crippen molar-refractivity contribution in [3.63, 3.8) is 0 Å². The minimum absolute atomic E-state index is 0.570. The molecule has 1 aromatic heterocycles. The summed E-state index contributed by atoms with van der Waals surface area (Å²) in [5.41, 5.74) is 2.58. The van der Waals surface area contributed by atoms with Gasteiger partial charge in [-0.3, -0.25) is 0 Å². The molecule has 0 radical (unpaired) electrons. The van der Waals surface area contributed by atoms with E-state index >= 15 is 0 Å². The van der Waals surface area contributed by atoms with Gasteiger partial charge >= 0.3 is 0 Å². The highest BCUT2D eigenvalue weighted by molar-refractivity contribution is 5.48. The largest absolute Gasteiger partial charge is 0.370 e. The monoisotopic (exact) mass is 207 g/mol. The van der Waals surface area contributed by atoms with Crippen LogP contribution in [-0.2, 0) is 6.42 Å². The highest BCUT2D eigenvalue weighted by Gasteiger charge is 2.25. The predicted octanol–water partition coefficient (Wildman–Crippen LogP) is 2.77. The average molecular weight is 207 g/mol. The minimum atomic E-state index is 0.570. The van der Waals surface area contributed by atoms with Gasteiger partial charge in [0.25, 0.3) is 0 Å². The van der Waals surface area contributed by atoms with E-state index in [4.69, 9.17) is 5.10 Å². The summed E-state index contributed by atoms with van der Waals surface area (Å²) in [4.78, 5) is 0. The van der Waals surface area contributed by atoms with Crippen LogP contribution in [0.2, 0.25) is 0 Å². The minimum Gasteiger partial charge on any atom is -0.370 e. The van der Waals surface area contributed by atoms with Gasteiger partial charge in [0, 0.05) is 12.1 Å². The van der Waals surface area contributed by atoms with Crippen LogP contribution in [0.15, 0.2) is 0 Å². The number of nitrogens with zero attached hydrogens (tertiary/aromatic N) is 2. The van der Waals surface area contributed by atoms with Gasteiger partial charge in [0.2, 0.25) is 0 Å². The Morgan fingerprint density at radius 3 is 2.87 bits per heavy atom. The molecule has 1 aliphatic rings. The van der Waals surface area contributed by atoms with Crippen LogP contribution >= 0.6 is 0 Å². The predicted molar refractivity (Wildman–Crippen MR) is 63.3 cm³/mol. The first-order chi connectivity index (χ1) is 7.15. The second-order valence-corrected chi connectivity index (χ2v) is 4.75. The van der Waals surface area contributed by atoms with Gasteiger partial charge in [0.15, 0.2) is 0 Å². The molecule has 0 saturated heterocycles. The summed E-state index contributed by atoms with van der Waals surface area (Å²) in [6.45, 7) is 9.99. The van der Waals surface area contributed by atoms with Gasteiger partial charge in [0.05, 0.1) is 11.7 Å². The van der Waals surface area contributed by atoms with Gasteiger partial charge in [-0.25, -0.2) is 4.68 Å². The van der Waals surface area contributed by atoms with Crippen LogP contribution in [0.3, 0.4) is 0 Å². The maximum atomic E-state index is 4.73. The van der Waals surface area contributed by atoms with Crippen molar-refractivity contribution in [1.29, 1.82) is 0 Å². The van der Waals surface area contributed by atoms with E-state index in [2.05, 4.69) is 37.7 Å². The number of rotatable bonds is 2. The first-order valence-electron chi connectivity index (χ1n) is 5.97. The molecule has 1 aliphatic heterocycles. The normalized spacial score (nSPS) is 20.2. The summed E-state index contributed by atoms with van der Waals surface area (Å²) in [5.74, 6) is 1.91. The quantitative estimate of drug-likeness (QED) is 0.808. The van der Waals surface area contributed by atoms with Gasteiger partial charge in [-0.15, -0.1) is 0 Å². The summed E-state index contributed by atoms with van der Waals surface area (Å²) >= 11 is 0. The summed E-state index contributed by atoms with van der Waals surface area (Å²) < 4.78 is 2.21. The van der Waals surface area contributed by atoms with Crippen molar-refractivity contribution >= 4 is 5.82 Å². The van der Waals surface area contributed by atoms with E-state index < -0.39 is 0 Å². The molecule has 1 aromatic rings. The molecule has 0 bridgehead atoms. The molecule has 2 heterocycles. The highest BCUT2D eigenvalue weighted by atomic mass is 15.4. The molecule has 0 aromatic carbocycles. The van der Waals surface area contributed by atoms with Crippen molar-refractivity contribution < 1.29 is 0 Å². The van der Waals surface area contributed by atoms with E-state index in [-0.39, 0.29) is 0 Å². The van der Waals surface area contributed by atoms with Crippen LogP contribution in [0.1, 0.15) is 44.5 Å².